The van der Waals surface area contributed by atoms with E-state index in [1.54, 1.807) is 36.2 Å². The van der Waals surface area contributed by atoms with Crippen LogP contribution in [0.2, 0.25) is 5.02 Å². The SMILES string of the molecule is CC(=O)N(C)Cc1ccccc1NC(=O)CCOc1ccc(Cl)cc1. The number of nitrogens with zero attached hydrogens (tertiary/aromatic N) is 1. The second-order valence-electron chi connectivity index (χ2n) is 5.63. The van der Waals surface area contributed by atoms with Crippen LogP contribution in [0.3, 0.4) is 0 Å². The predicted molar refractivity (Wildman–Crippen MR) is 98.8 cm³/mol. The zero-order valence-corrected chi connectivity index (χ0v) is 15.0. The van der Waals surface area contributed by atoms with Gasteiger partial charge < -0.3 is 15.0 Å². The molecule has 0 atom stereocenters. The number of amides is 2. The van der Waals surface area contributed by atoms with E-state index < -0.39 is 0 Å². The van der Waals surface area contributed by atoms with Gasteiger partial charge in [0.05, 0.1) is 13.0 Å². The Balaban J connectivity index is 1.87. The van der Waals surface area contributed by atoms with Crippen LogP contribution in [-0.2, 0) is 16.1 Å². The third kappa shape index (κ3) is 6.12. The highest BCUT2D eigenvalue weighted by Gasteiger charge is 2.10. The molecule has 0 aromatic heterocycles. The Bertz CT molecular complexity index is 732. The van der Waals surface area contributed by atoms with E-state index in [-0.39, 0.29) is 24.8 Å². The third-order valence-corrected chi connectivity index (χ3v) is 3.90. The van der Waals surface area contributed by atoms with Gasteiger partial charge in [0.1, 0.15) is 5.75 Å². The molecule has 0 bridgehead atoms. The van der Waals surface area contributed by atoms with Crippen LogP contribution >= 0.6 is 11.6 Å². The average molecular weight is 361 g/mol. The number of rotatable bonds is 7. The topological polar surface area (TPSA) is 58.6 Å². The van der Waals surface area contributed by atoms with Crippen molar-refractivity contribution in [2.24, 2.45) is 0 Å². The van der Waals surface area contributed by atoms with Crippen LogP contribution in [0.15, 0.2) is 48.5 Å². The minimum Gasteiger partial charge on any atom is -0.493 e. The van der Waals surface area contributed by atoms with Crippen molar-refractivity contribution in [3.05, 3.63) is 59.1 Å². The lowest BCUT2D eigenvalue weighted by Crippen LogP contribution is -2.24. The Hall–Kier alpha value is -2.53. The van der Waals surface area contributed by atoms with Crippen LogP contribution < -0.4 is 10.1 Å². The largest absolute Gasteiger partial charge is 0.493 e. The molecule has 0 fully saturated rings. The number of hydrogen-bond donors (Lipinski definition) is 1. The molecular weight excluding hydrogens is 340 g/mol. The van der Waals surface area contributed by atoms with Gasteiger partial charge in [-0.1, -0.05) is 29.8 Å². The van der Waals surface area contributed by atoms with Crippen LogP contribution in [0.4, 0.5) is 5.69 Å². The summed E-state index contributed by atoms with van der Waals surface area (Å²) in [5, 5.41) is 3.51. The van der Waals surface area contributed by atoms with E-state index in [0.717, 1.165) is 5.56 Å². The first kappa shape index (κ1) is 18.8. The normalized spacial score (nSPS) is 10.2. The van der Waals surface area contributed by atoms with Gasteiger partial charge in [-0.3, -0.25) is 9.59 Å². The molecule has 0 aliphatic heterocycles. The maximum Gasteiger partial charge on any atom is 0.227 e. The number of anilines is 1. The van der Waals surface area contributed by atoms with E-state index >= 15 is 0 Å². The summed E-state index contributed by atoms with van der Waals surface area (Å²) in [6.45, 7) is 2.21. The van der Waals surface area contributed by atoms with E-state index in [1.165, 1.54) is 6.92 Å². The van der Waals surface area contributed by atoms with Crippen LogP contribution in [0, 0.1) is 0 Å². The number of benzene rings is 2. The molecule has 2 aromatic carbocycles. The highest BCUT2D eigenvalue weighted by atomic mass is 35.5. The summed E-state index contributed by atoms with van der Waals surface area (Å²) in [5.74, 6) is 0.491. The van der Waals surface area contributed by atoms with Crippen molar-refractivity contribution in [3.8, 4) is 5.75 Å². The van der Waals surface area contributed by atoms with Gasteiger partial charge in [0.15, 0.2) is 0 Å². The van der Waals surface area contributed by atoms with Crippen LogP contribution in [0.1, 0.15) is 18.9 Å². The van der Waals surface area contributed by atoms with E-state index in [9.17, 15) is 9.59 Å². The molecule has 5 nitrogen and oxygen atoms in total. The minimum atomic E-state index is -0.146. The van der Waals surface area contributed by atoms with E-state index in [2.05, 4.69) is 5.32 Å². The monoisotopic (exact) mass is 360 g/mol. The highest BCUT2D eigenvalue weighted by molar-refractivity contribution is 6.30. The molecule has 25 heavy (non-hydrogen) atoms. The standard InChI is InChI=1S/C19H21ClN2O3/c1-14(23)22(2)13-15-5-3-4-6-18(15)21-19(24)11-12-25-17-9-7-16(20)8-10-17/h3-10H,11-13H2,1-2H3,(H,21,24). The molecule has 0 spiro atoms. The summed E-state index contributed by atoms with van der Waals surface area (Å²) in [5.41, 5.74) is 1.58. The smallest absolute Gasteiger partial charge is 0.227 e. The predicted octanol–water partition coefficient (Wildman–Crippen LogP) is 3.73. The number of hydrogen-bond acceptors (Lipinski definition) is 3. The molecule has 0 radical (unpaired) electrons. The molecule has 0 saturated heterocycles. The van der Waals surface area contributed by atoms with Gasteiger partial charge in [0.25, 0.3) is 0 Å². The lowest BCUT2D eigenvalue weighted by atomic mass is 10.1. The molecule has 0 aliphatic carbocycles. The van der Waals surface area contributed by atoms with Gasteiger partial charge in [-0.25, -0.2) is 0 Å². The number of nitrogens with one attached hydrogen (secondary N) is 1. The van der Waals surface area contributed by atoms with Crippen molar-refractivity contribution in [1.82, 2.24) is 4.90 Å². The maximum absolute atomic E-state index is 12.1. The number of para-hydroxylation sites is 1. The molecular formula is C19H21ClN2O3. The Labute approximate surface area is 152 Å². The quantitative estimate of drug-likeness (QED) is 0.818. The Morgan fingerprint density at radius 3 is 2.48 bits per heavy atom. The summed E-state index contributed by atoms with van der Waals surface area (Å²) in [7, 11) is 1.72. The van der Waals surface area contributed by atoms with Gasteiger partial charge in [0.2, 0.25) is 11.8 Å². The Morgan fingerprint density at radius 2 is 1.80 bits per heavy atom. The van der Waals surface area contributed by atoms with E-state index in [0.29, 0.717) is 23.0 Å². The average Bonchev–Trinajstić information content (AvgIpc) is 2.58. The van der Waals surface area contributed by atoms with Gasteiger partial charge in [-0.2, -0.15) is 0 Å². The molecule has 0 aliphatic rings. The molecule has 2 aromatic rings. The first-order valence-electron chi connectivity index (χ1n) is 7.93. The molecule has 2 rings (SSSR count). The number of carbonyl (C=O) groups is 2. The van der Waals surface area contributed by atoms with Crippen molar-refractivity contribution in [1.29, 1.82) is 0 Å². The molecule has 0 unspecified atom stereocenters. The molecule has 6 heteroatoms. The van der Waals surface area contributed by atoms with E-state index in [1.807, 2.05) is 24.3 Å². The molecule has 132 valence electrons. The number of carbonyl (C=O) groups excluding carboxylic acids is 2. The molecule has 2 amide bonds. The summed E-state index contributed by atoms with van der Waals surface area (Å²) in [6.07, 6.45) is 0.222. The first-order valence-corrected chi connectivity index (χ1v) is 8.31. The van der Waals surface area contributed by atoms with Gasteiger partial charge in [-0.15, -0.1) is 0 Å². The second kappa shape index (κ2) is 9.08. The summed E-state index contributed by atoms with van der Waals surface area (Å²) in [6, 6.07) is 14.4. The lowest BCUT2D eigenvalue weighted by Gasteiger charge is -2.18. The van der Waals surface area contributed by atoms with Gasteiger partial charge in [0, 0.05) is 31.2 Å². The summed E-state index contributed by atoms with van der Waals surface area (Å²) >= 11 is 5.81. The summed E-state index contributed by atoms with van der Waals surface area (Å²) < 4.78 is 5.52. The van der Waals surface area contributed by atoms with Crippen molar-refractivity contribution in [3.63, 3.8) is 0 Å². The third-order valence-electron chi connectivity index (χ3n) is 3.65. The fraction of sp³-hybridized carbons (Fsp3) is 0.263. The van der Waals surface area contributed by atoms with Gasteiger partial charge in [-0.05, 0) is 35.9 Å². The first-order chi connectivity index (χ1) is 12.0. The van der Waals surface area contributed by atoms with Crippen LogP contribution in [0.25, 0.3) is 0 Å². The Morgan fingerprint density at radius 1 is 1.12 bits per heavy atom. The van der Waals surface area contributed by atoms with Crippen molar-refractivity contribution >= 4 is 29.1 Å². The summed E-state index contributed by atoms with van der Waals surface area (Å²) in [4.78, 5) is 25.1. The Kier molecular flexibility index (Phi) is 6.83. The maximum atomic E-state index is 12.1. The zero-order valence-electron chi connectivity index (χ0n) is 14.3. The fourth-order valence-corrected chi connectivity index (χ4v) is 2.28. The van der Waals surface area contributed by atoms with Crippen LogP contribution in [0.5, 0.6) is 5.75 Å². The van der Waals surface area contributed by atoms with Crippen LogP contribution in [-0.4, -0.2) is 30.4 Å². The lowest BCUT2D eigenvalue weighted by molar-refractivity contribution is -0.128. The van der Waals surface area contributed by atoms with E-state index in [4.69, 9.17) is 16.3 Å². The highest BCUT2D eigenvalue weighted by Crippen LogP contribution is 2.18. The minimum absolute atomic E-state index is 0.0301. The molecule has 0 heterocycles. The molecule has 1 N–H and O–H groups in total. The zero-order chi connectivity index (χ0) is 18.2. The van der Waals surface area contributed by atoms with Crippen molar-refractivity contribution in [2.45, 2.75) is 19.9 Å². The van der Waals surface area contributed by atoms with Gasteiger partial charge >= 0.3 is 0 Å². The number of halogens is 1. The molecule has 0 saturated carbocycles. The van der Waals surface area contributed by atoms with Crippen molar-refractivity contribution in [2.75, 3.05) is 19.0 Å². The fourth-order valence-electron chi connectivity index (χ4n) is 2.15. The van der Waals surface area contributed by atoms with Crippen molar-refractivity contribution < 1.29 is 14.3 Å². The second-order valence-corrected chi connectivity index (χ2v) is 6.07. The number of ether oxygens (including phenoxy) is 1.